The van der Waals surface area contributed by atoms with Gasteiger partial charge < -0.3 is 5.32 Å². The molecule has 2 nitrogen and oxygen atoms in total. The molecule has 0 saturated carbocycles. The van der Waals surface area contributed by atoms with Gasteiger partial charge in [-0.15, -0.1) is 0 Å². The smallest absolute Gasteiger partial charge is 0.383 e. The molecule has 110 valence electrons. The number of alkyl halides is 3. The van der Waals surface area contributed by atoms with Crippen molar-refractivity contribution in [3.8, 4) is 6.07 Å². The number of anilines is 1. The maximum atomic E-state index is 12.8. The number of hydrogen-bond donors (Lipinski definition) is 1. The Balaban J connectivity index is 2.80. The summed E-state index contributed by atoms with van der Waals surface area (Å²) < 4.78 is 38.5. The van der Waals surface area contributed by atoms with E-state index in [1.54, 1.807) is 17.8 Å². The van der Waals surface area contributed by atoms with Crippen molar-refractivity contribution in [1.29, 1.82) is 5.26 Å². The first-order valence-electron chi connectivity index (χ1n) is 6.34. The monoisotopic (exact) mass is 302 g/mol. The molecule has 0 amide bonds. The van der Waals surface area contributed by atoms with Crippen LogP contribution in [0, 0.1) is 11.3 Å². The van der Waals surface area contributed by atoms with Crippen molar-refractivity contribution in [2.45, 2.75) is 32.5 Å². The van der Waals surface area contributed by atoms with Gasteiger partial charge in [0.15, 0.2) is 0 Å². The molecule has 1 N–H and O–H groups in total. The van der Waals surface area contributed by atoms with Gasteiger partial charge in [-0.05, 0) is 43.0 Å². The minimum absolute atomic E-state index is 0.0862. The summed E-state index contributed by atoms with van der Waals surface area (Å²) in [6.07, 6.45) is -3.64. The lowest BCUT2D eigenvalue weighted by Gasteiger charge is -2.17. The Bertz CT molecular complexity index is 480. The number of rotatable bonds is 6. The molecule has 20 heavy (non-hydrogen) atoms. The van der Waals surface area contributed by atoms with E-state index in [1.807, 2.05) is 6.92 Å². The van der Waals surface area contributed by atoms with Gasteiger partial charge in [-0.25, -0.2) is 0 Å². The summed E-state index contributed by atoms with van der Waals surface area (Å²) in [5.41, 5.74) is -0.845. The van der Waals surface area contributed by atoms with E-state index in [-0.39, 0.29) is 11.6 Å². The van der Waals surface area contributed by atoms with Gasteiger partial charge in [-0.1, -0.05) is 6.92 Å². The number of benzene rings is 1. The molecule has 0 aromatic heterocycles. The Hall–Kier alpha value is -1.35. The lowest BCUT2D eigenvalue weighted by Crippen LogP contribution is -2.17. The summed E-state index contributed by atoms with van der Waals surface area (Å²) in [6.45, 7) is 4.00. The average Bonchev–Trinajstić information content (AvgIpc) is 2.38. The molecule has 0 bridgehead atoms. The fraction of sp³-hybridized carbons (Fsp3) is 0.500. The van der Waals surface area contributed by atoms with Crippen molar-refractivity contribution in [3.05, 3.63) is 29.3 Å². The second-order valence-electron chi connectivity index (χ2n) is 4.40. The van der Waals surface area contributed by atoms with Crippen LogP contribution in [0.2, 0.25) is 0 Å². The Labute approximate surface area is 121 Å². The highest BCUT2D eigenvalue weighted by atomic mass is 32.2. The van der Waals surface area contributed by atoms with Crippen LogP contribution in [0.1, 0.15) is 31.4 Å². The van der Waals surface area contributed by atoms with Crippen LogP contribution in [0.15, 0.2) is 18.2 Å². The molecule has 1 unspecified atom stereocenters. The van der Waals surface area contributed by atoms with Crippen molar-refractivity contribution >= 4 is 17.4 Å². The van der Waals surface area contributed by atoms with E-state index >= 15 is 0 Å². The normalized spacial score (nSPS) is 12.8. The quantitative estimate of drug-likeness (QED) is 0.785. The highest BCUT2D eigenvalue weighted by molar-refractivity contribution is 7.99. The highest BCUT2D eigenvalue weighted by Gasteiger charge is 2.33. The van der Waals surface area contributed by atoms with Crippen LogP contribution in [0.25, 0.3) is 0 Å². The van der Waals surface area contributed by atoms with Crippen LogP contribution in [0.3, 0.4) is 0 Å². The van der Waals surface area contributed by atoms with E-state index in [9.17, 15) is 13.2 Å². The molecular weight excluding hydrogens is 285 g/mol. The van der Waals surface area contributed by atoms with E-state index in [0.29, 0.717) is 5.69 Å². The molecule has 0 aliphatic heterocycles. The lowest BCUT2D eigenvalue weighted by atomic mass is 10.1. The molecule has 0 aliphatic rings. The third-order valence-electron chi connectivity index (χ3n) is 2.76. The molecule has 1 aromatic carbocycles. The molecule has 0 aliphatic carbocycles. The van der Waals surface area contributed by atoms with Crippen LogP contribution in [0.4, 0.5) is 18.9 Å². The Morgan fingerprint density at radius 3 is 2.65 bits per heavy atom. The van der Waals surface area contributed by atoms with E-state index < -0.39 is 11.7 Å². The predicted molar refractivity (Wildman–Crippen MR) is 76.9 cm³/mol. The Morgan fingerprint density at radius 2 is 2.10 bits per heavy atom. The molecule has 1 aromatic rings. The Morgan fingerprint density at radius 1 is 1.40 bits per heavy atom. The predicted octanol–water partition coefficient (Wildman–Crippen LogP) is 4.52. The first kappa shape index (κ1) is 16.7. The van der Waals surface area contributed by atoms with Crippen molar-refractivity contribution in [2.24, 2.45) is 0 Å². The van der Waals surface area contributed by atoms with Gasteiger partial charge >= 0.3 is 6.18 Å². The molecule has 0 heterocycles. The van der Waals surface area contributed by atoms with Gasteiger partial charge in [0.25, 0.3) is 0 Å². The summed E-state index contributed by atoms with van der Waals surface area (Å²) in [7, 11) is 0. The molecule has 6 heteroatoms. The van der Waals surface area contributed by atoms with Crippen molar-refractivity contribution in [3.63, 3.8) is 0 Å². The fourth-order valence-corrected chi connectivity index (χ4v) is 2.54. The van der Waals surface area contributed by atoms with E-state index in [2.05, 4.69) is 12.2 Å². The van der Waals surface area contributed by atoms with Gasteiger partial charge in [-0.3, -0.25) is 0 Å². The molecular formula is C14H17F3N2S. The summed E-state index contributed by atoms with van der Waals surface area (Å²) in [4.78, 5) is 0. The van der Waals surface area contributed by atoms with Crippen LogP contribution in [-0.4, -0.2) is 17.5 Å². The molecule has 0 saturated heterocycles. The van der Waals surface area contributed by atoms with Gasteiger partial charge in [-0.2, -0.15) is 30.2 Å². The number of nitriles is 1. The van der Waals surface area contributed by atoms with E-state index in [1.165, 1.54) is 12.1 Å². The fourth-order valence-electron chi connectivity index (χ4n) is 1.73. The van der Waals surface area contributed by atoms with E-state index in [0.717, 1.165) is 24.0 Å². The largest absolute Gasteiger partial charge is 0.417 e. The number of thioether (sulfide) groups is 1. The van der Waals surface area contributed by atoms with Crippen molar-refractivity contribution in [1.82, 2.24) is 0 Å². The molecule has 0 spiro atoms. The number of nitrogens with zero attached hydrogens (tertiary/aromatic N) is 1. The summed E-state index contributed by atoms with van der Waals surface area (Å²) >= 11 is 1.80. The molecule has 1 rings (SSSR count). The van der Waals surface area contributed by atoms with Crippen molar-refractivity contribution < 1.29 is 13.2 Å². The SMILES string of the molecule is CCSCCC(C)Nc1ccc(C#N)c(C(F)(F)F)c1. The molecule has 0 radical (unpaired) electrons. The zero-order chi connectivity index (χ0) is 15.2. The van der Waals surface area contributed by atoms with Crippen LogP contribution < -0.4 is 5.32 Å². The zero-order valence-corrected chi connectivity index (χ0v) is 12.2. The second kappa shape index (κ2) is 7.44. The maximum absolute atomic E-state index is 12.8. The topological polar surface area (TPSA) is 35.8 Å². The molecule has 1 atom stereocenters. The average molecular weight is 302 g/mol. The number of hydrogen-bond acceptors (Lipinski definition) is 3. The lowest BCUT2D eigenvalue weighted by molar-refractivity contribution is -0.137. The van der Waals surface area contributed by atoms with E-state index in [4.69, 9.17) is 5.26 Å². The minimum atomic E-state index is -4.51. The standard InChI is InChI=1S/C14H17F3N2S/c1-3-20-7-6-10(2)19-12-5-4-11(9-18)13(8-12)14(15,16)17/h4-5,8,10,19H,3,6-7H2,1-2H3. The van der Waals surface area contributed by atoms with Gasteiger partial charge in [0.2, 0.25) is 0 Å². The maximum Gasteiger partial charge on any atom is 0.417 e. The van der Waals surface area contributed by atoms with Gasteiger partial charge in [0.05, 0.1) is 17.2 Å². The Kier molecular flexibility index (Phi) is 6.21. The van der Waals surface area contributed by atoms with Crippen molar-refractivity contribution in [2.75, 3.05) is 16.8 Å². The third kappa shape index (κ3) is 4.97. The second-order valence-corrected chi connectivity index (χ2v) is 5.79. The van der Waals surface area contributed by atoms with Gasteiger partial charge in [0, 0.05) is 11.7 Å². The number of nitrogens with one attached hydrogen (secondary N) is 1. The zero-order valence-electron chi connectivity index (χ0n) is 11.4. The van der Waals surface area contributed by atoms with Gasteiger partial charge in [0.1, 0.15) is 0 Å². The molecule has 0 fully saturated rings. The first-order chi connectivity index (χ1) is 9.38. The van der Waals surface area contributed by atoms with Crippen LogP contribution in [-0.2, 0) is 6.18 Å². The van der Waals surface area contributed by atoms with Crippen LogP contribution >= 0.6 is 11.8 Å². The summed E-state index contributed by atoms with van der Waals surface area (Å²) in [5.74, 6) is 1.99. The number of halogens is 3. The minimum Gasteiger partial charge on any atom is -0.383 e. The highest BCUT2D eigenvalue weighted by Crippen LogP contribution is 2.33. The summed E-state index contributed by atoms with van der Waals surface area (Å²) in [5, 5.41) is 11.8. The third-order valence-corrected chi connectivity index (χ3v) is 3.69. The first-order valence-corrected chi connectivity index (χ1v) is 7.49. The van der Waals surface area contributed by atoms with Crippen LogP contribution in [0.5, 0.6) is 0 Å². The summed E-state index contributed by atoms with van der Waals surface area (Å²) in [6, 6.07) is 5.38.